The second-order valence-electron chi connectivity index (χ2n) is 9.85. The summed E-state index contributed by atoms with van der Waals surface area (Å²) in [5.41, 5.74) is 12.4. The molecule has 1 amide bonds. The van der Waals surface area contributed by atoms with Gasteiger partial charge in [0.25, 0.3) is 5.91 Å². The molecule has 1 aromatic heterocycles. The van der Waals surface area contributed by atoms with Crippen molar-refractivity contribution in [1.29, 1.82) is 0 Å². The van der Waals surface area contributed by atoms with Gasteiger partial charge in [-0.25, -0.2) is 4.98 Å². The molecule has 1 saturated carbocycles. The number of aryl methyl sites for hydroxylation is 2. The number of benzene rings is 2. The summed E-state index contributed by atoms with van der Waals surface area (Å²) in [5, 5.41) is 7.54. The van der Waals surface area contributed by atoms with Gasteiger partial charge in [-0.05, 0) is 72.8 Å². The van der Waals surface area contributed by atoms with Gasteiger partial charge in [-0.3, -0.25) is 9.89 Å². The fourth-order valence-corrected chi connectivity index (χ4v) is 5.30. The molecule has 1 aliphatic carbocycles. The normalized spacial score (nSPS) is 17.1. The highest BCUT2D eigenvalue weighted by Crippen LogP contribution is 2.42. The number of carbonyl (C=O) groups is 1. The lowest BCUT2D eigenvalue weighted by Crippen LogP contribution is -2.38. The van der Waals surface area contributed by atoms with E-state index in [4.69, 9.17) is 10.7 Å². The maximum atomic E-state index is 13.6. The number of piperidine rings is 1. The minimum atomic E-state index is 0.127. The second kappa shape index (κ2) is 9.71. The third-order valence-electron chi connectivity index (χ3n) is 7.75. The Morgan fingerprint density at radius 1 is 1.09 bits per heavy atom. The van der Waals surface area contributed by atoms with Gasteiger partial charge in [-0.15, -0.1) is 0 Å². The van der Waals surface area contributed by atoms with Gasteiger partial charge in [0.05, 0.1) is 0 Å². The molecule has 6 heteroatoms. The van der Waals surface area contributed by atoms with Crippen molar-refractivity contribution in [1.82, 2.24) is 20.1 Å². The lowest BCUT2D eigenvalue weighted by Gasteiger charge is -2.33. The van der Waals surface area contributed by atoms with Gasteiger partial charge in [0.15, 0.2) is 5.82 Å². The number of H-pyrrole nitrogens is 1. The molecule has 178 valence electrons. The number of carbonyl (C=O) groups excluding carboxylic acids is 1. The van der Waals surface area contributed by atoms with E-state index in [0.717, 1.165) is 60.4 Å². The van der Waals surface area contributed by atoms with Gasteiger partial charge in [0.1, 0.15) is 5.82 Å². The Labute approximate surface area is 202 Å². The van der Waals surface area contributed by atoms with E-state index < -0.39 is 0 Å². The molecule has 0 radical (unpaired) electrons. The van der Waals surface area contributed by atoms with E-state index in [1.54, 1.807) is 0 Å². The quantitative estimate of drug-likeness (QED) is 0.540. The fourth-order valence-electron chi connectivity index (χ4n) is 5.30. The molecule has 0 bridgehead atoms. The average molecular weight is 458 g/mol. The predicted molar refractivity (Wildman–Crippen MR) is 135 cm³/mol. The molecule has 34 heavy (non-hydrogen) atoms. The molecule has 2 aliphatic rings. The van der Waals surface area contributed by atoms with E-state index in [1.807, 2.05) is 4.90 Å². The first kappa shape index (κ1) is 22.8. The van der Waals surface area contributed by atoms with Gasteiger partial charge >= 0.3 is 0 Å². The van der Waals surface area contributed by atoms with Gasteiger partial charge in [-0.2, -0.15) is 5.10 Å². The van der Waals surface area contributed by atoms with Crippen LogP contribution in [-0.4, -0.2) is 39.1 Å². The maximum Gasteiger partial charge on any atom is 0.254 e. The van der Waals surface area contributed by atoms with Crippen molar-refractivity contribution in [2.75, 3.05) is 13.1 Å². The Morgan fingerprint density at radius 2 is 1.82 bits per heavy atom. The SMILES string of the molecule is CCc1nc(-c2cc(C(=O)N3CCC(c4ccc(CN)cc4)CC3)c(C)cc2C2CCC2)n[nH]1. The molecule has 1 saturated heterocycles. The summed E-state index contributed by atoms with van der Waals surface area (Å²) in [6.45, 7) is 6.27. The summed E-state index contributed by atoms with van der Waals surface area (Å²) < 4.78 is 0. The molecule has 2 heterocycles. The van der Waals surface area contributed by atoms with Gasteiger partial charge in [0.2, 0.25) is 0 Å². The average Bonchev–Trinajstić information content (AvgIpc) is 3.32. The zero-order chi connectivity index (χ0) is 23.7. The van der Waals surface area contributed by atoms with Gasteiger partial charge in [-0.1, -0.05) is 43.7 Å². The number of aromatic nitrogens is 3. The minimum Gasteiger partial charge on any atom is -0.339 e. The number of aromatic amines is 1. The van der Waals surface area contributed by atoms with Crippen LogP contribution >= 0.6 is 0 Å². The van der Waals surface area contributed by atoms with E-state index in [1.165, 1.54) is 30.4 Å². The molecule has 0 spiro atoms. The van der Waals surface area contributed by atoms with E-state index in [0.29, 0.717) is 24.2 Å². The molecular weight excluding hydrogens is 422 g/mol. The Hall–Kier alpha value is -2.99. The van der Waals surface area contributed by atoms with Crippen LogP contribution in [0.3, 0.4) is 0 Å². The number of rotatable bonds is 6. The van der Waals surface area contributed by atoms with Crippen molar-refractivity contribution in [3.63, 3.8) is 0 Å². The van der Waals surface area contributed by atoms with E-state index >= 15 is 0 Å². The van der Waals surface area contributed by atoms with Crippen LogP contribution in [0.15, 0.2) is 36.4 Å². The standard InChI is InChI=1S/C28H35N5O/c1-3-26-30-27(32-31-26)25-16-23(18(2)15-24(25)22-5-4-6-22)28(34)33-13-11-21(12-14-33)20-9-7-19(17-29)8-10-20/h7-10,15-16,21-22H,3-6,11-14,17,29H2,1-2H3,(H,30,31,32). The highest BCUT2D eigenvalue weighted by Gasteiger charge is 2.29. The van der Waals surface area contributed by atoms with Gasteiger partial charge in [0, 0.05) is 37.2 Å². The van der Waals surface area contributed by atoms with Crippen molar-refractivity contribution >= 4 is 5.91 Å². The second-order valence-corrected chi connectivity index (χ2v) is 9.85. The molecular formula is C28H35N5O. The van der Waals surface area contributed by atoms with Crippen LogP contribution in [-0.2, 0) is 13.0 Å². The van der Waals surface area contributed by atoms with Crippen LogP contribution in [0, 0.1) is 6.92 Å². The molecule has 3 N–H and O–H groups in total. The summed E-state index contributed by atoms with van der Waals surface area (Å²) in [6, 6.07) is 12.9. The van der Waals surface area contributed by atoms with Crippen molar-refractivity contribution in [2.24, 2.45) is 5.73 Å². The van der Waals surface area contributed by atoms with Crippen LogP contribution in [0.5, 0.6) is 0 Å². The monoisotopic (exact) mass is 457 g/mol. The zero-order valence-corrected chi connectivity index (χ0v) is 20.3. The summed E-state index contributed by atoms with van der Waals surface area (Å²) in [7, 11) is 0. The summed E-state index contributed by atoms with van der Waals surface area (Å²) in [4.78, 5) is 20.3. The number of amides is 1. The van der Waals surface area contributed by atoms with Crippen molar-refractivity contribution < 1.29 is 4.79 Å². The molecule has 3 aromatic rings. The number of nitrogens with two attached hydrogens (primary N) is 1. The van der Waals surface area contributed by atoms with Crippen molar-refractivity contribution in [3.8, 4) is 11.4 Å². The number of hydrogen-bond donors (Lipinski definition) is 2. The first-order valence-electron chi connectivity index (χ1n) is 12.7. The fraction of sp³-hybridized carbons (Fsp3) is 0.464. The van der Waals surface area contributed by atoms with Crippen LogP contribution in [0.4, 0.5) is 0 Å². The molecule has 2 aromatic carbocycles. The van der Waals surface area contributed by atoms with E-state index in [-0.39, 0.29) is 5.91 Å². The summed E-state index contributed by atoms with van der Waals surface area (Å²) >= 11 is 0. The summed E-state index contributed by atoms with van der Waals surface area (Å²) in [5.74, 6) is 2.76. The third kappa shape index (κ3) is 4.39. The topological polar surface area (TPSA) is 87.9 Å². The van der Waals surface area contributed by atoms with Crippen LogP contribution < -0.4 is 5.73 Å². The number of likely N-dealkylation sites (tertiary alicyclic amines) is 1. The first-order chi connectivity index (χ1) is 16.6. The van der Waals surface area contributed by atoms with Crippen LogP contribution in [0.25, 0.3) is 11.4 Å². The Kier molecular flexibility index (Phi) is 6.50. The summed E-state index contributed by atoms with van der Waals surface area (Å²) in [6.07, 6.45) is 6.45. The molecule has 6 nitrogen and oxygen atoms in total. The Balaban J connectivity index is 1.36. The number of nitrogens with one attached hydrogen (secondary N) is 1. The smallest absolute Gasteiger partial charge is 0.254 e. The maximum absolute atomic E-state index is 13.6. The van der Waals surface area contributed by atoms with Crippen molar-refractivity contribution in [2.45, 2.75) is 70.8 Å². The Bertz CT molecular complexity index is 1150. The highest BCUT2D eigenvalue weighted by molar-refractivity contribution is 5.97. The molecule has 0 atom stereocenters. The molecule has 1 aliphatic heterocycles. The van der Waals surface area contributed by atoms with Crippen LogP contribution in [0.2, 0.25) is 0 Å². The van der Waals surface area contributed by atoms with Gasteiger partial charge < -0.3 is 10.6 Å². The van der Waals surface area contributed by atoms with Crippen molar-refractivity contribution in [3.05, 3.63) is 70.0 Å². The zero-order valence-electron chi connectivity index (χ0n) is 20.3. The lowest BCUT2D eigenvalue weighted by atomic mass is 9.77. The minimum absolute atomic E-state index is 0.127. The number of nitrogens with zero attached hydrogens (tertiary/aromatic N) is 3. The molecule has 5 rings (SSSR count). The molecule has 0 unspecified atom stereocenters. The van der Waals surface area contributed by atoms with E-state index in [2.05, 4.69) is 60.4 Å². The Morgan fingerprint density at radius 3 is 2.41 bits per heavy atom. The third-order valence-corrected chi connectivity index (χ3v) is 7.75. The lowest BCUT2D eigenvalue weighted by molar-refractivity contribution is 0.0712. The first-order valence-corrected chi connectivity index (χ1v) is 12.7. The number of hydrogen-bond acceptors (Lipinski definition) is 4. The molecule has 2 fully saturated rings. The predicted octanol–water partition coefficient (Wildman–Crippen LogP) is 5.09. The largest absolute Gasteiger partial charge is 0.339 e. The van der Waals surface area contributed by atoms with E-state index in [9.17, 15) is 4.79 Å². The van der Waals surface area contributed by atoms with Crippen LogP contribution in [0.1, 0.15) is 89.3 Å². The highest BCUT2D eigenvalue weighted by atomic mass is 16.2.